The van der Waals surface area contributed by atoms with E-state index in [4.69, 9.17) is 14.2 Å². The number of hydrogen-bond acceptors (Lipinski definition) is 6. The van der Waals surface area contributed by atoms with Crippen molar-refractivity contribution in [3.63, 3.8) is 0 Å². The van der Waals surface area contributed by atoms with Gasteiger partial charge in [-0.05, 0) is 24.6 Å². The Morgan fingerprint density at radius 1 is 1.25 bits per heavy atom. The van der Waals surface area contributed by atoms with Crippen molar-refractivity contribution >= 4 is 5.82 Å². The van der Waals surface area contributed by atoms with Crippen LogP contribution in [0.25, 0.3) is 0 Å². The molecule has 0 aliphatic carbocycles. The van der Waals surface area contributed by atoms with Gasteiger partial charge in [-0.1, -0.05) is 6.07 Å². The van der Waals surface area contributed by atoms with Crippen molar-refractivity contribution in [1.82, 2.24) is 9.97 Å². The Labute approximate surface area is 116 Å². The third-order valence-electron chi connectivity index (χ3n) is 3.13. The van der Waals surface area contributed by atoms with Gasteiger partial charge in [0.15, 0.2) is 11.5 Å². The van der Waals surface area contributed by atoms with Crippen LogP contribution in [-0.2, 0) is 6.54 Å². The average Bonchev–Trinajstić information content (AvgIpc) is 2.93. The van der Waals surface area contributed by atoms with Crippen LogP contribution < -0.4 is 19.5 Å². The molecule has 104 valence electrons. The minimum Gasteiger partial charge on any atom is -0.481 e. The Hall–Kier alpha value is -2.50. The largest absolute Gasteiger partial charge is 0.481 e. The van der Waals surface area contributed by atoms with Crippen LogP contribution in [0.2, 0.25) is 0 Å². The van der Waals surface area contributed by atoms with Crippen molar-refractivity contribution < 1.29 is 14.2 Å². The number of ether oxygens (including phenoxy) is 3. The van der Waals surface area contributed by atoms with Crippen molar-refractivity contribution in [2.75, 3.05) is 19.2 Å². The topological polar surface area (TPSA) is 65.5 Å². The molecular formula is C14H15N3O3. The molecule has 0 saturated heterocycles. The first-order valence-corrected chi connectivity index (χ1v) is 6.26. The van der Waals surface area contributed by atoms with Crippen molar-refractivity contribution in [2.45, 2.75) is 13.5 Å². The zero-order valence-corrected chi connectivity index (χ0v) is 11.3. The molecule has 1 N–H and O–H groups in total. The molecule has 6 heteroatoms. The SMILES string of the molecule is COc1ncnc(NCc2ccc3c(c2)OCO3)c1C. The molecule has 1 aromatic carbocycles. The van der Waals surface area contributed by atoms with E-state index in [1.54, 1.807) is 7.11 Å². The second-order valence-corrected chi connectivity index (χ2v) is 4.40. The molecule has 0 radical (unpaired) electrons. The van der Waals surface area contributed by atoms with Gasteiger partial charge in [-0.15, -0.1) is 0 Å². The molecule has 3 rings (SSSR count). The van der Waals surface area contributed by atoms with Crippen molar-refractivity contribution in [2.24, 2.45) is 0 Å². The minimum atomic E-state index is 0.286. The number of hydrogen-bond donors (Lipinski definition) is 1. The Kier molecular flexibility index (Phi) is 3.28. The second-order valence-electron chi connectivity index (χ2n) is 4.40. The molecule has 0 atom stereocenters. The predicted octanol–water partition coefficient (Wildman–Crippen LogP) is 2.13. The van der Waals surface area contributed by atoms with Crippen LogP contribution in [0, 0.1) is 6.92 Å². The van der Waals surface area contributed by atoms with E-state index in [-0.39, 0.29) is 6.79 Å². The van der Waals surface area contributed by atoms with Crippen LogP contribution >= 0.6 is 0 Å². The van der Waals surface area contributed by atoms with Gasteiger partial charge in [-0.25, -0.2) is 9.97 Å². The number of nitrogens with zero attached hydrogens (tertiary/aromatic N) is 2. The van der Waals surface area contributed by atoms with Crippen molar-refractivity contribution in [3.8, 4) is 17.4 Å². The lowest BCUT2D eigenvalue weighted by Gasteiger charge is -2.10. The van der Waals surface area contributed by atoms with Gasteiger partial charge in [0.25, 0.3) is 0 Å². The highest BCUT2D eigenvalue weighted by molar-refractivity contribution is 5.49. The second kappa shape index (κ2) is 5.24. The van der Waals surface area contributed by atoms with E-state index >= 15 is 0 Å². The highest BCUT2D eigenvalue weighted by Gasteiger charge is 2.13. The van der Waals surface area contributed by atoms with E-state index in [1.807, 2.05) is 25.1 Å². The number of aromatic nitrogens is 2. The fraction of sp³-hybridized carbons (Fsp3) is 0.286. The summed E-state index contributed by atoms with van der Waals surface area (Å²) >= 11 is 0. The fourth-order valence-electron chi connectivity index (χ4n) is 2.05. The molecule has 0 amide bonds. The highest BCUT2D eigenvalue weighted by Crippen LogP contribution is 2.32. The van der Waals surface area contributed by atoms with E-state index in [0.717, 1.165) is 28.4 Å². The molecule has 20 heavy (non-hydrogen) atoms. The lowest BCUT2D eigenvalue weighted by molar-refractivity contribution is 0.174. The molecule has 6 nitrogen and oxygen atoms in total. The maximum atomic E-state index is 5.36. The summed E-state index contributed by atoms with van der Waals surface area (Å²) in [6, 6.07) is 5.87. The lowest BCUT2D eigenvalue weighted by atomic mass is 10.2. The first-order valence-electron chi connectivity index (χ1n) is 6.26. The summed E-state index contributed by atoms with van der Waals surface area (Å²) in [6.45, 7) is 2.84. The zero-order chi connectivity index (χ0) is 13.9. The van der Waals surface area contributed by atoms with Gasteiger partial charge in [-0.2, -0.15) is 0 Å². The average molecular weight is 273 g/mol. The van der Waals surface area contributed by atoms with Crippen molar-refractivity contribution in [3.05, 3.63) is 35.7 Å². The minimum absolute atomic E-state index is 0.286. The molecular weight excluding hydrogens is 258 g/mol. The van der Waals surface area contributed by atoms with Crippen LogP contribution in [-0.4, -0.2) is 23.9 Å². The van der Waals surface area contributed by atoms with E-state index in [2.05, 4.69) is 15.3 Å². The molecule has 1 aliphatic rings. The number of nitrogens with one attached hydrogen (secondary N) is 1. The first kappa shape index (κ1) is 12.5. The van der Waals surface area contributed by atoms with Crippen LogP contribution in [0.1, 0.15) is 11.1 Å². The summed E-state index contributed by atoms with van der Waals surface area (Å²) in [5.41, 5.74) is 1.97. The highest BCUT2D eigenvalue weighted by atomic mass is 16.7. The normalized spacial score (nSPS) is 12.3. The molecule has 2 aromatic rings. The summed E-state index contributed by atoms with van der Waals surface area (Å²) in [6.07, 6.45) is 1.48. The Bertz CT molecular complexity index is 631. The van der Waals surface area contributed by atoms with E-state index in [1.165, 1.54) is 6.33 Å². The van der Waals surface area contributed by atoms with Crippen LogP contribution in [0.4, 0.5) is 5.82 Å². The number of anilines is 1. The van der Waals surface area contributed by atoms with Gasteiger partial charge < -0.3 is 19.5 Å². The maximum absolute atomic E-state index is 5.36. The number of benzene rings is 1. The maximum Gasteiger partial charge on any atom is 0.231 e. The summed E-state index contributed by atoms with van der Waals surface area (Å²) in [4.78, 5) is 8.27. The van der Waals surface area contributed by atoms with Gasteiger partial charge in [0.2, 0.25) is 12.7 Å². The summed E-state index contributed by atoms with van der Waals surface area (Å²) < 4.78 is 15.8. The van der Waals surface area contributed by atoms with Gasteiger partial charge in [0, 0.05) is 6.54 Å². The van der Waals surface area contributed by atoms with Crippen LogP contribution in [0.15, 0.2) is 24.5 Å². The quantitative estimate of drug-likeness (QED) is 0.920. The standard InChI is InChI=1S/C14H15N3O3/c1-9-13(16-7-17-14(9)18-2)15-6-10-3-4-11-12(5-10)20-8-19-11/h3-5,7H,6,8H2,1-2H3,(H,15,16,17). The summed E-state index contributed by atoms with van der Waals surface area (Å²) in [5.74, 6) is 2.90. The summed E-state index contributed by atoms with van der Waals surface area (Å²) in [7, 11) is 1.59. The van der Waals surface area contributed by atoms with E-state index in [9.17, 15) is 0 Å². The molecule has 1 aromatic heterocycles. The zero-order valence-electron chi connectivity index (χ0n) is 11.3. The van der Waals surface area contributed by atoms with Gasteiger partial charge in [0.05, 0.1) is 12.7 Å². The third kappa shape index (κ3) is 2.32. The van der Waals surface area contributed by atoms with E-state index in [0.29, 0.717) is 12.4 Å². The Balaban J connectivity index is 1.73. The monoisotopic (exact) mass is 273 g/mol. The summed E-state index contributed by atoms with van der Waals surface area (Å²) in [5, 5.41) is 3.27. The molecule has 0 saturated carbocycles. The van der Waals surface area contributed by atoms with Gasteiger partial charge in [0.1, 0.15) is 12.1 Å². The molecule has 0 bridgehead atoms. The number of rotatable bonds is 4. The lowest BCUT2D eigenvalue weighted by Crippen LogP contribution is -2.05. The Morgan fingerprint density at radius 2 is 2.10 bits per heavy atom. The number of methoxy groups -OCH3 is 1. The van der Waals surface area contributed by atoms with Gasteiger partial charge in [-0.3, -0.25) is 0 Å². The first-order chi connectivity index (χ1) is 9.78. The Morgan fingerprint density at radius 3 is 2.95 bits per heavy atom. The van der Waals surface area contributed by atoms with E-state index < -0.39 is 0 Å². The molecule has 0 unspecified atom stereocenters. The van der Waals surface area contributed by atoms with Gasteiger partial charge >= 0.3 is 0 Å². The predicted molar refractivity (Wildman–Crippen MR) is 73.2 cm³/mol. The molecule has 1 aliphatic heterocycles. The fourth-order valence-corrected chi connectivity index (χ4v) is 2.05. The molecule has 2 heterocycles. The molecule has 0 fully saturated rings. The number of fused-ring (bicyclic) bond motifs is 1. The molecule has 0 spiro atoms. The van der Waals surface area contributed by atoms with Crippen LogP contribution in [0.5, 0.6) is 17.4 Å². The van der Waals surface area contributed by atoms with Crippen LogP contribution in [0.3, 0.4) is 0 Å². The smallest absolute Gasteiger partial charge is 0.231 e. The van der Waals surface area contributed by atoms with Crippen molar-refractivity contribution in [1.29, 1.82) is 0 Å². The third-order valence-corrected chi connectivity index (χ3v) is 3.13.